The summed E-state index contributed by atoms with van der Waals surface area (Å²) >= 11 is 0. The molecule has 0 radical (unpaired) electrons. The Bertz CT molecular complexity index is 1050. The molecule has 0 unspecified atom stereocenters. The summed E-state index contributed by atoms with van der Waals surface area (Å²) in [7, 11) is 0. The van der Waals surface area contributed by atoms with Crippen molar-refractivity contribution in [3.05, 3.63) is 38.2 Å². The maximum absolute atomic E-state index is 13.3. The second kappa shape index (κ2) is 7.57. The van der Waals surface area contributed by atoms with E-state index in [-0.39, 0.29) is 28.6 Å². The molecule has 1 fully saturated rings. The molecule has 1 aliphatic rings. The summed E-state index contributed by atoms with van der Waals surface area (Å²) in [6.07, 6.45) is 2.11. The van der Waals surface area contributed by atoms with Crippen LogP contribution < -0.4 is 11.2 Å². The standard InChI is InChI=1S/C19H24N4O5/c1-4-7-22-16-15(17(26)21-19(22)28)12(8-13(20-16)10(2)3)18(27)23(9-14(24)25)11-5-6-11/h8,10-11H,4-7,9H2,1-3H3,(H,24,25)(H,21,26,28). The van der Waals surface area contributed by atoms with Crippen LogP contribution in [0.15, 0.2) is 15.7 Å². The molecule has 28 heavy (non-hydrogen) atoms. The van der Waals surface area contributed by atoms with Gasteiger partial charge in [0.05, 0.1) is 10.9 Å². The van der Waals surface area contributed by atoms with Gasteiger partial charge in [-0.2, -0.15) is 0 Å². The molecule has 9 heteroatoms. The first-order valence-corrected chi connectivity index (χ1v) is 9.45. The minimum atomic E-state index is -1.11. The second-order valence-electron chi connectivity index (χ2n) is 7.42. The fourth-order valence-corrected chi connectivity index (χ4v) is 3.24. The Kier molecular flexibility index (Phi) is 5.35. The molecule has 0 aliphatic heterocycles. The number of amides is 1. The van der Waals surface area contributed by atoms with Gasteiger partial charge >= 0.3 is 11.7 Å². The zero-order valence-electron chi connectivity index (χ0n) is 16.2. The van der Waals surface area contributed by atoms with Gasteiger partial charge in [-0.1, -0.05) is 20.8 Å². The summed E-state index contributed by atoms with van der Waals surface area (Å²) in [6.45, 7) is 5.59. The number of aryl methyl sites for hydroxylation is 1. The van der Waals surface area contributed by atoms with Crippen molar-refractivity contribution in [2.24, 2.45) is 0 Å². The summed E-state index contributed by atoms with van der Waals surface area (Å²) in [5.41, 5.74) is -0.443. The van der Waals surface area contributed by atoms with E-state index >= 15 is 0 Å². The first-order chi connectivity index (χ1) is 13.2. The quantitative estimate of drug-likeness (QED) is 0.737. The summed E-state index contributed by atoms with van der Waals surface area (Å²) in [5, 5.41) is 9.22. The third-order valence-electron chi connectivity index (χ3n) is 4.79. The van der Waals surface area contributed by atoms with Crippen LogP contribution in [0.5, 0.6) is 0 Å². The lowest BCUT2D eigenvalue weighted by Crippen LogP contribution is -2.39. The lowest BCUT2D eigenvalue weighted by Gasteiger charge is -2.22. The third kappa shape index (κ3) is 3.69. The Morgan fingerprint density at radius 2 is 2.04 bits per heavy atom. The predicted molar refractivity (Wildman–Crippen MR) is 103 cm³/mol. The number of pyridine rings is 1. The fourth-order valence-electron chi connectivity index (χ4n) is 3.24. The second-order valence-corrected chi connectivity index (χ2v) is 7.42. The van der Waals surface area contributed by atoms with Crippen LogP contribution in [0, 0.1) is 0 Å². The maximum atomic E-state index is 13.3. The van der Waals surface area contributed by atoms with E-state index < -0.39 is 29.7 Å². The molecule has 0 saturated heterocycles. The third-order valence-corrected chi connectivity index (χ3v) is 4.79. The van der Waals surface area contributed by atoms with Gasteiger partial charge in [0, 0.05) is 18.3 Å². The minimum absolute atomic E-state index is 0.0264. The number of carbonyl (C=O) groups excluding carboxylic acids is 1. The largest absolute Gasteiger partial charge is 0.480 e. The van der Waals surface area contributed by atoms with Gasteiger partial charge in [0.2, 0.25) is 0 Å². The van der Waals surface area contributed by atoms with Gasteiger partial charge in [0.25, 0.3) is 11.5 Å². The monoisotopic (exact) mass is 388 g/mol. The highest BCUT2D eigenvalue weighted by molar-refractivity contribution is 6.06. The van der Waals surface area contributed by atoms with Crippen molar-refractivity contribution in [2.75, 3.05) is 6.54 Å². The summed E-state index contributed by atoms with van der Waals surface area (Å²) < 4.78 is 1.36. The molecule has 1 amide bonds. The van der Waals surface area contributed by atoms with Gasteiger partial charge in [0.15, 0.2) is 5.65 Å². The number of carboxylic acids is 1. The van der Waals surface area contributed by atoms with E-state index in [1.807, 2.05) is 20.8 Å². The number of hydrogen-bond acceptors (Lipinski definition) is 5. The molecule has 0 bridgehead atoms. The Hall–Kier alpha value is -2.97. The Labute approximate surface area is 161 Å². The van der Waals surface area contributed by atoms with E-state index in [1.54, 1.807) is 6.07 Å². The summed E-state index contributed by atoms with van der Waals surface area (Å²) in [4.78, 5) is 57.4. The number of aliphatic carboxylic acids is 1. The van der Waals surface area contributed by atoms with Crippen molar-refractivity contribution >= 4 is 22.9 Å². The van der Waals surface area contributed by atoms with Gasteiger partial charge in [-0.05, 0) is 31.2 Å². The summed E-state index contributed by atoms with van der Waals surface area (Å²) in [5.74, 6) is -1.68. The number of fused-ring (bicyclic) bond motifs is 1. The minimum Gasteiger partial charge on any atom is -0.480 e. The SMILES string of the molecule is CCCn1c(=O)[nH]c(=O)c2c(C(=O)N(CC(=O)O)C3CC3)cc(C(C)C)nc21. The molecule has 2 heterocycles. The Morgan fingerprint density at radius 1 is 1.36 bits per heavy atom. The fraction of sp³-hybridized carbons (Fsp3) is 0.526. The van der Waals surface area contributed by atoms with E-state index in [4.69, 9.17) is 0 Å². The molecule has 1 aliphatic carbocycles. The van der Waals surface area contributed by atoms with Crippen molar-refractivity contribution in [3.63, 3.8) is 0 Å². The first-order valence-electron chi connectivity index (χ1n) is 9.45. The number of nitrogens with one attached hydrogen (secondary N) is 1. The van der Waals surface area contributed by atoms with Crippen molar-refractivity contribution in [1.82, 2.24) is 19.4 Å². The molecule has 9 nitrogen and oxygen atoms in total. The highest BCUT2D eigenvalue weighted by atomic mass is 16.4. The van der Waals surface area contributed by atoms with Crippen LogP contribution in [0.25, 0.3) is 11.0 Å². The van der Waals surface area contributed by atoms with E-state index in [0.717, 1.165) is 12.8 Å². The number of rotatable bonds is 7. The molecule has 2 aromatic rings. The van der Waals surface area contributed by atoms with E-state index in [2.05, 4.69) is 9.97 Å². The zero-order chi connectivity index (χ0) is 20.6. The smallest absolute Gasteiger partial charge is 0.329 e. The number of aromatic amines is 1. The van der Waals surface area contributed by atoms with E-state index in [9.17, 15) is 24.3 Å². The summed E-state index contributed by atoms with van der Waals surface area (Å²) in [6, 6.07) is 1.40. The molecule has 0 aromatic carbocycles. The van der Waals surface area contributed by atoms with E-state index in [1.165, 1.54) is 9.47 Å². The Morgan fingerprint density at radius 3 is 2.57 bits per heavy atom. The average molecular weight is 388 g/mol. The van der Waals surface area contributed by atoms with Crippen LogP contribution in [0.4, 0.5) is 0 Å². The number of H-pyrrole nitrogens is 1. The predicted octanol–water partition coefficient (Wildman–Crippen LogP) is 1.31. The molecule has 0 atom stereocenters. The van der Waals surface area contributed by atoms with Gasteiger partial charge in [-0.3, -0.25) is 23.9 Å². The van der Waals surface area contributed by atoms with Crippen LogP contribution in [-0.2, 0) is 11.3 Å². The number of nitrogens with zero attached hydrogens (tertiary/aromatic N) is 3. The zero-order valence-corrected chi connectivity index (χ0v) is 16.2. The lowest BCUT2D eigenvalue weighted by atomic mass is 10.0. The van der Waals surface area contributed by atoms with Crippen LogP contribution in [0.2, 0.25) is 0 Å². The highest BCUT2D eigenvalue weighted by Crippen LogP contribution is 2.29. The molecule has 0 spiro atoms. The van der Waals surface area contributed by atoms with Crippen LogP contribution in [-0.4, -0.2) is 49.0 Å². The van der Waals surface area contributed by atoms with Crippen LogP contribution in [0.1, 0.15) is 62.0 Å². The van der Waals surface area contributed by atoms with Gasteiger partial charge in [-0.15, -0.1) is 0 Å². The van der Waals surface area contributed by atoms with E-state index in [0.29, 0.717) is 18.7 Å². The first kappa shape index (κ1) is 19.8. The van der Waals surface area contributed by atoms with Crippen LogP contribution in [0.3, 0.4) is 0 Å². The number of hydrogen-bond donors (Lipinski definition) is 2. The molecular weight excluding hydrogens is 364 g/mol. The number of carbonyl (C=O) groups is 2. The maximum Gasteiger partial charge on any atom is 0.329 e. The molecule has 2 aromatic heterocycles. The Balaban J connectivity index is 2.30. The molecule has 150 valence electrons. The van der Waals surface area contributed by atoms with Gasteiger partial charge < -0.3 is 10.0 Å². The highest BCUT2D eigenvalue weighted by Gasteiger charge is 2.35. The van der Waals surface area contributed by atoms with Gasteiger partial charge in [0.1, 0.15) is 6.54 Å². The normalized spacial score (nSPS) is 13.9. The lowest BCUT2D eigenvalue weighted by molar-refractivity contribution is -0.137. The van der Waals surface area contributed by atoms with Crippen LogP contribution >= 0.6 is 0 Å². The van der Waals surface area contributed by atoms with Gasteiger partial charge in [-0.25, -0.2) is 9.78 Å². The number of carboxylic acid groups (broad SMARTS) is 1. The van der Waals surface area contributed by atoms with Crippen molar-refractivity contribution in [1.29, 1.82) is 0 Å². The molecule has 3 rings (SSSR count). The van der Waals surface area contributed by atoms with Crippen molar-refractivity contribution in [2.45, 2.75) is 58.5 Å². The molecule has 2 N–H and O–H groups in total. The molecular formula is C19H24N4O5. The van der Waals surface area contributed by atoms with Crippen molar-refractivity contribution in [3.8, 4) is 0 Å². The topological polar surface area (TPSA) is 125 Å². The molecule has 1 saturated carbocycles. The van der Waals surface area contributed by atoms with Crippen molar-refractivity contribution < 1.29 is 14.7 Å². The number of aromatic nitrogens is 3. The average Bonchev–Trinajstić information content (AvgIpc) is 3.46.